The number of nitrogens with two attached hydrogens (primary N) is 1. The van der Waals surface area contributed by atoms with Crippen LogP contribution in [0.15, 0.2) is 30.3 Å². The summed E-state index contributed by atoms with van der Waals surface area (Å²) >= 11 is 0. The molecule has 1 atom stereocenters. The Balaban J connectivity index is 2.20. The van der Waals surface area contributed by atoms with E-state index in [-0.39, 0.29) is 0 Å². The zero-order chi connectivity index (χ0) is 11.6. The lowest BCUT2D eigenvalue weighted by atomic mass is 9.79. The fourth-order valence-corrected chi connectivity index (χ4v) is 2.97. The van der Waals surface area contributed by atoms with E-state index in [4.69, 9.17) is 5.73 Å². The molecule has 1 aliphatic rings. The Morgan fingerprint density at radius 1 is 1.12 bits per heavy atom. The van der Waals surface area contributed by atoms with Gasteiger partial charge in [-0.15, -0.1) is 0 Å². The maximum Gasteiger partial charge on any atom is 0.0165 e. The standard InChI is InChI=1S/C15H23N/c1-3-12(4-2)14(16)15(10-11-15)13-8-6-5-7-9-13/h5-9,12,14H,3-4,10-11,16H2,1-2H3. The molecule has 1 aliphatic carbocycles. The molecule has 0 radical (unpaired) electrons. The lowest BCUT2D eigenvalue weighted by Crippen LogP contribution is -2.41. The Hall–Kier alpha value is -0.820. The molecular formula is C15H23N. The minimum Gasteiger partial charge on any atom is -0.327 e. The van der Waals surface area contributed by atoms with Gasteiger partial charge in [-0.25, -0.2) is 0 Å². The number of benzene rings is 1. The first kappa shape index (κ1) is 11.7. The van der Waals surface area contributed by atoms with Gasteiger partial charge in [-0.2, -0.15) is 0 Å². The van der Waals surface area contributed by atoms with Crippen LogP contribution in [-0.4, -0.2) is 6.04 Å². The van der Waals surface area contributed by atoms with Crippen molar-refractivity contribution in [1.29, 1.82) is 0 Å². The molecule has 1 aromatic rings. The van der Waals surface area contributed by atoms with Crippen LogP contribution in [0, 0.1) is 5.92 Å². The molecular weight excluding hydrogens is 194 g/mol. The summed E-state index contributed by atoms with van der Waals surface area (Å²) in [5.41, 5.74) is 8.27. The van der Waals surface area contributed by atoms with Crippen LogP contribution in [-0.2, 0) is 5.41 Å². The summed E-state index contributed by atoms with van der Waals surface area (Å²) in [7, 11) is 0. The Bertz CT molecular complexity index is 323. The first-order valence-electron chi connectivity index (χ1n) is 6.55. The van der Waals surface area contributed by atoms with Crippen molar-refractivity contribution in [3.8, 4) is 0 Å². The van der Waals surface area contributed by atoms with Crippen LogP contribution < -0.4 is 5.73 Å². The van der Waals surface area contributed by atoms with Gasteiger partial charge in [0.05, 0.1) is 0 Å². The van der Waals surface area contributed by atoms with Gasteiger partial charge in [0.1, 0.15) is 0 Å². The summed E-state index contributed by atoms with van der Waals surface area (Å²) in [5.74, 6) is 0.669. The van der Waals surface area contributed by atoms with Crippen molar-refractivity contribution in [2.45, 2.75) is 51.0 Å². The summed E-state index contributed by atoms with van der Waals surface area (Å²) < 4.78 is 0. The topological polar surface area (TPSA) is 26.0 Å². The Labute approximate surface area is 99.0 Å². The number of hydrogen-bond donors (Lipinski definition) is 1. The molecule has 1 saturated carbocycles. The molecule has 88 valence electrons. The Kier molecular flexibility index (Phi) is 3.34. The van der Waals surface area contributed by atoms with E-state index in [1.165, 1.54) is 31.2 Å². The van der Waals surface area contributed by atoms with Crippen molar-refractivity contribution in [1.82, 2.24) is 0 Å². The molecule has 0 spiro atoms. The van der Waals surface area contributed by atoms with Crippen molar-refractivity contribution >= 4 is 0 Å². The van der Waals surface area contributed by atoms with Gasteiger partial charge in [0.2, 0.25) is 0 Å². The molecule has 0 saturated heterocycles. The largest absolute Gasteiger partial charge is 0.327 e. The van der Waals surface area contributed by atoms with Crippen molar-refractivity contribution in [3.63, 3.8) is 0 Å². The van der Waals surface area contributed by atoms with Gasteiger partial charge >= 0.3 is 0 Å². The quantitative estimate of drug-likeness (QED) is 0.803. The fraction of sp³-hybridized carbons (Fsp3) is 0.600. The SMILES string of the molecule is CCC(CC)C(N)C1(c2ccccc2)CC1. The summed E-state index contributed by atoms with van der Waals surface area (Å²) in [6.45, 7) is 4.52. The zero-order valence-electron chi connectivity index (χ0n) is 10.4. The first-order valence-corrected chi connectivity index (χ1v) is 6.55. The van der Waals surface area contributed by atoms with Gasteiger partial charge in [-0.05, 0) is 24.3 Å². The van der Waals surface area contributed by atoms with Gasteiger partial charge < -0.3 is 5.73 Å². The molecule has 1 heteroatoms. The lowest BCUT2D eigenvalue weighted by Gasteiger charge is -2.30. The number of rotatable bonds is 5. The molecule has 0 amide bonds. The number of hydrogen-bond acceptors (Lipinski definition) is 1. The molecule has 0 aromatic heterocycles. The van der Waals surface area contributed by atoms with E-state index in [2.05, 4.69) is 44.2 Å². The maximum atomic E-state index is 6.51. The third kappa shape index (κ3) is 1.89. The summed E-state index contributed by atoms with van der Waals surface area (Å²) in [6, 6.07) is 11.2. The molecule has 0 bridgehead atoms. The van der Waals surface area contributed by atoms with Crippen LogP contribution in [0.3, 0.4) is 0 Å². The predicted molar refractivity (Wildman–Crippen MR) is 69.4 cm³/mol. The lowest BCUT2D eigenvalue weighted by molar-refractivity contribution is 0.334. The molecule has 0 aliphatic heterocycles. The normalized spacial score (nSPS) is 19.8. The molecule has 2 N–H and O–H groups in total. The molecule has 1 fully saturated rings. The van der Waals surface area contributed by atoms with Crippen LogP contribution in [0.2, 0.25) is 0 Å². The van der Waals surface area contributed by atoms with Crippen LogP contribution in [0.25, 0.3) is 0 Å². The van der Waals surface area contributed by atoms with Crippen molar-refractivity contribution in [3.05, 3.63) is 35.9 Å². The summed E-state index contributed by atoms with van der Waals surface area (Å²) in [6.07, 6.45) is 4.95. The monoisotopic (exact) mass is 217 g/mol. The van der Waals surface area contributed by atoms with Gasteiger partial charge in [0.15, 0.2) is 0 Å². The van der Waals surface area contributed by atoms with Crippen LogP contribution >= 0.6 is 0 Å². The van der Waals surface area contributed by atoms with E-state index in [0.717, 1.165) is 0 Å². The minimum atomic E-state index is 0.304. The summed E-state index contributed by atoms with van der Waals surface area (Å²) in [4.78, 5) is 0. The van der Waals surface area contributed by atoms with Gasteiger partial charge in [-0.3, -0.25) is 0 Å². The van der Waals surface area contributed by atoms with E-state index in [1.807, 2.05) is 0 Å². The second kappa shape index (κ2) is 4.58. The average Bonchev–Trinajstić information content (AvgIpc) is 3.13. The highest BCUT2D eigenvalue weighted by Crippen LogP contribution is 2.52. The fourth-order valence-electron chi connectivity index (χ4n) is 2.97. The maximum absolute atomic E-state index is 6.51. The van der Waals surface area contributed by atoms with E-state index < -0.39 is 0 Å². The smallest absolute Gasteiger partial charge is 0.0165 e. The Morgan fingerprint density at radius 2 is 1.69 bits per heavy atom. The molecule has 0 heterocycles. The highest BCUT2D eigenvalue weighted by molar-refractivity contribution is 5.34. The molecule has 1 unspecified atom stereocenters. The second-order valence-electron chi connectivity index (χ2n) is 5.12. The van der Waals surface area contributed by atoms with Crippen molar-refractivity contribution < 1.29 is 0 Å². The van der Waals surface area contributed by atoms with Gasteiger partial charge in [0, 0.05) is 11.5 Å². The van der Waals surface area contributed by atoms with E-state index in [1.54, 1.807) is 0 Å². The van der Waals surface area contributed by atoms with Crippen LogP contribution in [0.5, 0.6) is 0 Å². The van der Waals surface area contributed by atoms with Gasteiger partial charge in [0.25, 0.3) is 0 Å². The predicted octanol–water partition coefficient (Wildman–Crippen LogP) is 3.48. The van der Waals surface area contributed by atoms with Crippen molar-refractivity contribution in [2.75, 3.05) is 0 Å². The molecule has 1 nitrogen and oxygen atoms in total. The van der Waals surface area contributed by atoms with Crippen molar-refractivity contribution in [2.24, 2.45) is 11.7 Å². The average molecular weight is 217 g/mol. The molecule has 16 heavy (non-hydrogen) atoms. The van der Waals surface area contributed by atoms with E-state index >= 15 is 0 Å². The first-order chi connectivity index (χ1) is 7.74. The van der Waals surface area contributed by atoms with Crippen LogP contribution in [0.4, 0.5) is 0 Å². The highest BCUT2D eigenvalue weighted by Gasteiger charge is 2.50. The zero-order valence-corrected chi connectivity index (χ0v) is 10.4. The summed E-state index contributed by atoms with van der Waals surface area (Å²) in [5, 5.41) is 0. The minimum absolute atomic E-state index is 0.304. The van der Waals surface area contributed by atoms with Gasteiger partial charge in [-0.1, -0.05) is 57.0 Å². The highest BCUT2D eigenvalue weighted by atomic mass is 14.8. The third-order valence-corrected chi connectivity index (χ3v) is 4.33. The van der Waals surface area contributed by atoms with E-state index in [9.17, 15) is 0 Å². The van der Waals surface area contributed by atoms with Crippen LogP contribution in [0.1, 0.15) is 45.1 Å². The third-order valence-electron chi connectivity index (χ3n) is 4.33. The second-order valence-corrected chi connectivity index (χ2v) is 5.12. The molecule has 2 rings (SSSR count). The van der Waals surface area contributed by atoms with E-state index in [0.29, 0.717) is 17.4 Å². The molecule has 1 aromatic carbocycles. The Morgan fingerprint density at radius 3 is 2.12 bits per heavy atom.